The first-order valence-electron chi connectivity index (χ1n) is 4.00. The fourth-order valence-corrected chi connectivity index (χ4v) is 3.23. The lowest BCUT2D eigenvalue weighted by molar-refractivity contribution is 0.550. The van der Waals surface area contributed by atoms with Crippen LogP contribution in [0.3, 0.4) is 0 Å². The maximum atomic E-state index is 12.5. The minimum Gasteiger partial charge on any atom is -0.228 e. The first kappa shape index (κ1) is 9.08. The van der Waals surface area contributed by atoms with Crippen LogP contribution in [0.15, 0.2) is 4.34 Å². The molecule has 3 nitrogen and oxygen atoms in total. The molecule has 1 aliphatic rings. The highest BCUT2D eigenvalue weighted by atomic mass is 32.3. The Kier molecular flexibility index (Phi) is 2.11. The summed E-state index contributed by atoms with van der Waals surface area (Å²) in [6.07, 6.45) is 3.67. The molecule has 0 aromatic carbocycles. The molecule has 0 N–H and O–H groups in total. The van der Waals surface area contributed by atoms with Gasteiger partial charge in [-0.25, -0.2) is 4.98 Å². The summed E-state index contributed by atoms with van der Waals surface area (Å²) in [4.78, 5) is 4.71. The summed E-state index contributed by atoms with van der Waals surface area (Å²) in [5.41, 5.74) is 0.771. The van der Waals surface area contributed by atoms with Gasteiger partial charge >= 0.3 is 10.2 Å². The highest BCUT2D eigenvalue weighted by Crippen LogP contribution is 2.29. The lowest BCUT2D eigenvalue weighted by atomic mass is 10.0. The van der Waals surface area contributed by atoms with Gasteiger partial charge in [0.2, 0.25) is 4.34 Å². The molecule has 2 rings (SSSR count). The number of halogens is 1. The first-order chi connectivity index (χ1) is 6.07. The number of thiazole rings is 1. The average Bonchev–Trinajstić information content (AvgIpc) is 2.45. The van der Waals surface area contributed by atoms with E-state index in [0.717, 1.165) is 47.6 Å². The number of hydrogen-bond donors (Lipinski definition) is 0. The molecule has 6 heteroatoms. The van der Waals surface area contributed by atoms with E-state index in [9.17, 15) is 12.3 Å². The second-order valence-corrected chi connectivity index (χ2v) is 5.60. The molecule has 0 atom stereocenters. The Morgan fingerprint density at radius 1 is 1.31 bits per heavy atom. The van der Waals surface area contributed by atoms with Gasteiger partial charge in [0.05, 0.1) is 5.69 Å². The topological polar surface area (TPSA) is 47.0 Å². The van der Waals surface area contributed by atoms with Crippen LogP contribution in [0.25, 0.3) is 0 Å². The number of aryl methyl sites for hydroxylation is 2. The molecule has 13 heavy (non-hydrogen) atoms. The summed E-state index contributed by atoms with van der Waals surface area (Å²) in [5, 5.41) is 0. The van der Waals surface area contributed by atoms with Crippen LogP contribution in [0.5, 0.6) is 0 Å². The zero-order valence-electron chi connectivity index (χ0n) is 6.79. The molecule has 1 aliphatic carbocycles. The van der Waals surface area contributed by atoms with Gasteiger partial charge in [0.1, 0.15) is 0 Å². The Labute approximate surface area is 79.8 Å². The van der Waals surface area contributed by atoms with E-state index in [-0.39, 0.29) is 4.34 Å². The molecule has 1 aromatic heterocycles. The maximum absolute atomic E-state index is 12.5. The van der Waals surface area contributed by atoms with Crippen LogP contribution in [-0.2, 0) is 23.1 Å². The molecule has 1 aromatic rings. The van der Waals surface area contributed by atoms with Crippen molar-refractivity contribution >= 4 is 21.6 Å². The lowest BCUT2D eigenvalue weighted by Crippen LogP contribution is -1.99. The third-order valence-corrected chi connectivity index (χ3v) is 4.34. The fraction of sp³-hybridized carbons (Fsp3) is 0.571. The quantitative estimate of drug-likeness (QED) is 0.678. The van der Waals surface area contributed by atoms with Crippen molar-refractivity contribution in [2.75, 3.05) is 0 Å². The van der Waals surface area contributed by atoms with Crippen molar-refractivity contribution in [2.45, 2.75) is 30.0 Å². The summed E-state index contributed by atoms with van der Waals surface area (Å²) >= 11 is 0.968. The molecule has 0 unspecified atom stereocenters. The number of fused-ring (bicyclic) bond motifs is 1. The minimum absolute atomic E-state index is 0.376. The van der Waals surface area contributed by atoms with Crippen molar-refractivity contribution in [3.63, 3.8) is 0 Å². The zero-order valence-corrected chi connectivity index (χ0v) is 8.42. The van der Waals surface area contributed by atoms with Gasteiger partial charge in [-0.2, -0.15) is 8.42 Å². The Morgan fingerprint density at radius 2 is 2.00 bits per heavy atom. The van der Waals surface area contributed by atoms with Gasteiger partial charge in [0.25, 0.3) is 0 Å². The predicted octanol–water partition coefficient (Wildman–Crippen LogP) is 1.68. The molecular weight excluding hydrogens is 213 g/mol. The molecule has 72 valence electrons. The summed E-state index contributed by atoms with van der Waals surface area (Å²) < 4.78 is 33.2. The molecule has 0 aliphatic heterocycles. The summed E-state index contributed by atoms with van der Waals surface area (Å²) in [6.45, 7) is 0. The summed E-state index contributed by atoms with van der Waals surface area (Å²) in [5.74, 6) is 0. The zero-order chi connectivity index (χ0) is 9.47. The molecule has 0 radical (unpaired) electrons. The molecule has 0 bridgehead atoms. The van der Waals surface area contributed by atoms with E-state index < -0.39 is 10.2 Å². The van der Waals surface area contributed by atoms with Gasteiger partial charge in [0, 0.05) is 4.88 Å². The smallest absolute Gasteiger partial charge is 0.228 e. The average molecular weight is 221 g/mol. The van der Waals surface area contributed by atoms with Crippen molar-refractivity contribution in [1.82, 2.24) is 4.98 Å². The standard InChI is InChI=1S/C7H8FNO2S2/c8-13(10,11)7-9-5-3-1-2-4-6(5)12-7/h1-4H2. The predicted molar refractivity (Wildman–Crippen MR) is 47.0 cm³/mol. The van der Waals surface area contributed by atoms with Crippen LogP contribution in [0.1, 0.15) is 23.4 Å². The highest BCUT2D eigenvalue weighted by Gasteiger charge is 2.22. The highest BCUT2D eigenvalue weighted by molar-refractivity contribution is 7.88. The van der Waals surface area contributed by atoms with Gasteiger partial charge < -0.3 is 0 Å². The fourth-order valence-electron chi connectivity index (χ4n) is 1.43. The van der Waals surface area contributed by atoms with Gasteiger partial charge in [-0.3, -0.25) is 0 Å². The van der Waals surface area contributed by atoms with Crippen molar-refractivity contribution in [1.29, 1.82) is 0 Å². The Bertz CT molecular complexity index is 400. The number of nitrogens with zero attached hydrogens (tertiary/aromatic N) is 1. The first-order valence-corrected chi connectivity index (χ1v) is 6.20. The second-order valence-electron chi connectivity index (χ2n) is 2.99. The third-order valence-electron chi connectivity index (χ3n) is 2.03. The van der Waals surface area contributed by atoms with E-state index in [1.54, 1.807) is 0 Å². The minimum atomic E-state index is -4.59. The molecular formula is C7H8FNO2S2. The Balaban J connectivity index is 2.47. The van der Waals surface area contributed by atoms with E-state index in [4.69, 9.17) is 0 Å². The third kappa shape index (κ3) is 1.73. The maximum Gasteiger partial charge on any atom is 0.359 e. The Morgan fingerprint density at radius 3 is 2.62 bits per heavy atom. The van der Waals surface area contributed by atoms with Crippen LogP contribution in [0.2, 0.25) is 0 Å². The monoisotopic (exact) mass is 221 g/mol. The molecule has 0 saturated heterocycles. The number of hydrogen-bond acceptors (Lipinski definition) is 4. The lowest BCUT2D eigenvalue weighted by Gasteiger charge is -2.06. The molecule has 0 amide bonds. The molecule has 0 fully saturated rings. The largest absolute Gasteiger partial charge is 0.359 e. The molecule has 0 spiro atoms. The van der Waals surface area contributed by atoms with Gasteiger partial charge in [-0.05, 0) is 25.7 Å². The number of rotatable bonds is 1. The second kappa shape index (κ2) is 3.02. The molecule has 0 saturated carbocycles. The van der Waals surface area contributed by atoms with Gasteiger partial charge in [-0.15, -0.1) is 11.3 Å². The van der Waals surface area contributed by atoms with Crippen LogP contribution in [-0.4, -0.2) is 13.4 Å². The van der Waals surface area contributed by atoms with Crippen molar-refractivity contribution in [3.8, 4) is 0 Å². The van der Waals surface area contributed by atoms with Crippen LogP contribution in [0, 0.1) is 0 Å². The van der Waals surface area contributed by atoms with Gasteiger partial charge in [-0.1, -0.05) is 3.89 Å². The Hall–Kier alpha value is -0.490. The van der Waals surface area contributed by atoms with E-state index in [1.165, 1.54) is 0 Å². The SMILES string of the molecule is O=S(=O)(F)c1nc2c(s1)CCCC2. The normalized spacial score (nSPS) is 17.0. The number of aromatic nitrogens is 1. The summed E-state index contributed by atoms with van der Waals surface area (Å²) in [7, 11) is -4.59. The van der Waals surface area contributed by atoms with Crippen molar-refractivity contribution in [2.24, 2.45) is 0 Å². The van der Waals surface area contributed by atoms with Gasteiger partial charge in [0.15, 0.2) is 0 Å². The van der Waals surface area contributed by atoms with Crippen LogP contribution in [0.4, 0.5) is 3.89 Å². The van der Waals surface area contributed by atoms with E-state index in [2.05, 4.69) is 4.98 Å². The van der Waals surface area contributed by atoms with E-state index in [1.807, 2.05) is 0 Å². The van der Waals surface area contributed by atoms with E-state index in [0.29, 0.717) is 0 Å². The van der Waals surface area contributed by atoms with Crippen molar-refractivity contribution in [3.05, 3.63) is 10.6 Å². The molecule has 1 heterocycles. The van der Waals surface area contributed by atoms with Crippen molar-refractivity contribution < 1.29 is 12.3 Å². The van der Waals surface area contributed by atoms with Crippen LogP contribution >= 0.6 is 11.3 Å². The van der Waals surface area contributed by atoms with E-state index >= 15 is 0 Å². The van der Waals surface area contributed by atoms with Crippen LogP contribution < -0.4 is 0 Å². The summed E-state index contributed by atoms with van der Waals surface area (Å²) in [6, 6.07) is 0.